The molecule has 106 valence electrons. The van der Waals surface area contributed by atoms with Crippen molar-refractivity contribution in [3.05, 3.63) is 33.3 Å². The summed E-state index contributed by atoms with van der Waals surface area (Å²) in [6.07, 6.45) is 5.38. The molecule has 1 aliphatic rings. The Morgan fingerprint density at radius 1 is 1.37 bits per heavy atom. The van der Waals surface area contributed by atoms with E-state index >= 15 is 0 Å². The van der Waals surface area contributed by atoms with Crippen LogP contribution in [0.4, 0.5) is 0 Å². The van der Waals surface area contributed by atoms with Crippen molar-refractivity contribution in [2.24, 2.45) is 0 Å². The summed E-state index contributed by atoms with van der Waals surface area (Å²) >= 11 is 3.56. The van der Waals surface area contributed by atoms with Gasteiger partial charge in [-0.2, -0.15) is 0 Å². The van der Waals surface area contributed by atoms with Crippen LogP contribution in [0.5, 0.6) is 0 Å². The third kappa shape index (κ3) is 4.04. The zero-order valence-electron chi connectivity index (χ0n) is 11.8. The number of aliphatic hydroxyl groups excluding tert-OH is 1. The molecule has 1 N–H and O–H groups in total. The van der Waals surface area contributed by atoms with Crippen LogP contribution < -0.4 is 0 Å². The summed E-state index contributed by atoms with van der Waals surface area (Å²) in [5, 5.41) is 10.3. The van der Waals surface area contributed by atoms with Crippen LogP contribution in [0.25, 0.3) is 0 Å². The topological polar surface area (TPSA) is 29.5 Å². The maximum atomic E-state index is 10.3. The van der Waals surface area contributed by atoms with E-state index in [1.807, 2.05) is 0 Å². The predicted octanol–water partition coefficient (Wildman–Crippen LogP) is 4.45. The molecule has 2 atom stereocenters. The maximum absolute atomic E-state index is 10.3. The summed E-state index contributed by atoms with van der Waals surface area (Å²) < 4.78 is 6.75. The summed E-state index contributed by atoms with van der Waals surface area (Å²) in [6.45, 7) is 5.05. The normalized spacial score (nSPS) is 20.7. The van der Waals surface area contributed by atoms with E-state index < -0.39 is 0 Å². The van der Waals surface area contributed by atoms with Gasteiger partial charge >= 0.3 is 0 Å². The molecule has 3 heteroatoms. The van der Waals surface area contributed by atoms with Gasteiger partial charge in [0, 0.05) is 11.1 Å². The third-order valence-corrected chi connectivity index (χ3v) is 5.12. The van der Waals surface area contributed by atoms with Gasteiger partial charge in [-0.1, -0.05) is 28.1 Å². The number of halogens is 1. The number of hydrogen-bond acceptors (Lipinski definition) is 2. The van der Waals surface area contributed by atoms with Crippen LogP contribution in [0.3, 0.4) is 0 Å². The lowest BCUT2D eigenvalue weighted by Crippen LogP contribution is -2.06. The lowest BCUT2D eigenvalue weighted by molar-refractivity contribution is 0.0944. The van der Waals surface area contributed by atoms with Gasteiger partial charge in [0.05, 0.1) is 12.2 Å². The highest BCUT2D eigenvalue weighted by atomic mass is 79.9. The van der Waals surface area contributed by atoms with Gasteiger partial charge < -0.3 is 9.84 Å². The van der Waals surface area contributed by atoms with E-state index in [9.17, 15) is 5.11 Å². The second-order valence-electron chi connectivity index (χ2n) is 5.55. The number of aliphatic hydroxyl groups is 1. The Balaban J connectivity index is 1.86. The van der Waals surface area contributed by atoms with Gasteiger partial charge in [-0.15, -0.1) is 0 Å². The van der Waals surface area contributed by atoms with Crippen molar-refractivity contribution in [1.29, 1.82) is 0 Å². The molecule has 2 unspecified atom stereocenters. The van der Waals surface area contributed by atoms with Gasteiger partial charge in [-0.3, -0.25) is 0 Å². The molecule has 1 heterocycles. The van der Waals surface area contributed by atoms with Crippen LogP contribution in [-0.2, 0) is 4.74 Å². The number of hydrogen-bond donors (Lipinski definition) is 1. The second kappa shape index (κ2) is 6.87. The van der Waals surface area contributed by atoms with Crippen LogP contribution in [-0.4, -0.2) is 17.8 Å². The first kappa shape index (κ1) is 15.0. The fourth-order valence-electron chi connectivity index (χ4n) is 2.75. The second-order valence-corrected chi connectivity index (χ2v) is 6.34. The van der Waals surface area contributed by atoms with E-state index in [1.165, 1.54) is 24.0 Å². The smallest absolute Gasteiger partial charge is 0.0790 e. The average Bonchev–Trinajstić information content (AvgIpc) is 2.88. The molecule has 2 rings (SSSR count). The van der Waals surface area contributed by atoms with E-state index in [0.29, 0.717) is 6.10 Å². The fourth-order valence-corrected chi connectivity index (χ4v) is 2.98. The molecule has 0 amide bonds. The average molecular weight is 327 g/mol. The summed E-state index contributed by atoms with van der Waals surface area (Å²) in [5.41, 5.74) is 3.41. The monoisotopic (exact) mass is 326 g/mol. The highest BCUT2D eigenvalue weighted by Gasteiger charge is 2.16. The molecule has 1 aliphatic heterocycles. The van der Waals surface area contributed by atoms with Crippen molar-refractivity contribution in [2.75, 3.05) is 6.61 Å². The first-order valence-corrected chi connectivity index (χ1v) is 7.93. The molecule has 1 aromatic rings. The van der Waals surface area contributed by atoms with Crippen molar-refractivity contribution >= 4 is 15.9 Å². The molecular weight excluding hydrogens is 304 g/mol. The molecule has 0 aromatic heterocycles. The van der Waals surface area contributed by atoms with Gasteiger partial charge in [0.25, 0.3) is 0 Å². The minimum Gasteiger partial charge on any atom is -0.388 e. The lowest BCUT2D eigenvalue weighted by atomic mass is 9.98. The summed E-state index contributed by atoms with van der Waals surface area (Å²) in [5.74, 6) is 0. The Morgan fingerprint density at radius 2 is 2.05 bits per heavy atom. The largest absolute Gasteiger partial charge is 0.388 e. The SMILES string of the molecule is Cc1cc(C(O)CCCC2CCCO2)cc(C)c1Br. The number of aryl methyl sites for hydroxylation is 2. The quantitative estimate of drug-likeness (QED) is 0.866. The number of rotatable bonds is 5. The molecule has 19 heavy (non-hydrogen) atoms. The molecule has 1 aromatic carbocycles. The first-order valence-electron chi connectivity index (χ1n) is 7.14. The van der Waals surface area contributed by atoms with E-state index in [4.69, 9.17) is 4.74 Å². The minimum atomic E-state index is -0.355. The first-order chi connectivity index (χ1) is 9.08. The van der Waals surface area contributed by atoms with Gasteiger partial charge in [0.2, 0.25) is 0 Å². The van der Waals surface area contributed by atoms with Crippen molar-refractivity contribution < 1.29 is 9.84 Å². The maximum Gasteiger partial charge on any atom is 0.0790 e. The molecule has 0 bridgehead atoms. The summed E-state index contributed by atoms with van der Waals surface area (Å²) in [4.78, 5) is 0. The molecule has 2 nitrogen and oxygen atoms in total. The lowest BCUT2D eigenvalue weighted by Gasteiger charge is -2.15. The van der Waals surface area contributed by atoms with E-state index in [-0.39, 0.29) is 6.10 Å². The minimum absolute atomic E-state index is 0.355. The van der Waals surface area contributed by atoms with Crippen molar-refractivity contribution in [3.63, 3.8) is 0 Å². The Hall–Kier alpha value is -0.380. The molecule has 1 fully saturated rings. The van der Waals surface area contributed by atoms with Gasteiger partial charge in [0.1, 0.15) is 0 Å². The Labute approximate surface area is 124 Å². The van der Waals surface area contributed by atoms with Crippen LogP contribution in [0.2, 0.25) is 0 Å². The molecule has 0 radical (unpaired) electrons. The number of benzene rings is 1. The standard InChI is InChI=1S/C16H23BrO2/c1-11-9-13(10-12(2)16(11)17)15(18)7-3-5-14-6-4-8-19-14/h9-10,14-15,18H,3-8H2,1-2H3. The zero-order chi connectivity index (χ0) is 13.8. The van der Waals surface area contributed by atoms with E-state index in [1.54, 1.807) is 0 Å². The molecule has 1 saturated heterocycles. The van der Waals surface area contributed by atoms with Gasteiger partial charge in [-0.25, -0.2) is 0 Å². The van der Waals surface area contributed by atoms with E-state index in [2.05, 4.69) is 41.9 Å². The van der Waals surface area contributed by atoms with Crippen LogP contribution in [0, 0.1) is 13.8 Å². The van der Waals surface area contributed by atoms with Crippen molar-refractivity contribution in [2.45, 2.75) is 58.2 Å². The molecule has 0 spiro atoms. The van der Waals surface area contributed by atoms with Crippen molar-refractivity contribution in [1.82, 2.24) is 0 Å². The van der Waals surface area contributed by atoms with Crippen LogP contribution in [0.15, 0.2) is 16.6 Å². The van der Waals surface area contributed by atoms with Crippen LogP contribution in [0.1, 0.15) is 54.9 Å². The van der Waals surface area contributed by atoms with E-state index in [0.717, 1.165) is 35.9 Å². The number of ether oxygens (including phenoxy) is 1. The highest BCUT2D eigenvalue weighted by molar-refractivity contribution is 9.10. The molecular formula is C16H23BrO2. The Bertz CT molecular complexity index is 402. The van der Waals surface area contributed by atoms with Gasteiger partial charge in [0.15, 0.2) is 0 Å². The third-order valence-electron chi connectivity index (χ3n) is 3.87. The van der Waals surface area contributed by atoms with Crippen molar-refractivity contribution in [3.8, 4) is 0 Å². The Kier molecular flexibility index (Phi) is 5.43. The summed E-state index contributed by atoms with van der Waals surface area (Å²) in [6, 6.07) is 4.15. The Morgan fingerprint density at radius 3 is 2.63 bits per heavy atom. The molecule has 0 aliphatic carbocycles. The highest BCUT2D eigenvalue weighted by Crippen LogP contribution is 2.28. The van der Waals surface area contributed by atoms with Gasteiger partial charge in [-0.05, 0) is 62.6 Å². The summed E-state index contributed by atoms with van der Waals surface area (Å²) in [7, 11) is 0. The van der Waals surface area contributed by atoms with Crippen LogP contribution >= 0.6 is 15.9 Å². The molecule has 0 saturated carbocycles. The fraction of sp³-hybridized carbons (Fsp3) is 0.625. The predicted molar refractivity (Wildman–Crippen MR) is 81.4 cm³/mol. The zero-order valence-corrected chi connectivity index (χ0v) is 13.4.